The van der Waals surface area contributed by atoms with Crippen molar-refractivity contribution in [3.63, 3.8) is 0 Å². The molecule has 1 saturated carbocycles. The minimum absolute atomic E-state index is 0.0257. The first-order valence-corrected chi connectivity index (χ1v) is 10.6. The van der Waals surface area contributed by atoms with Crippen LogP contribution in [0.25, 0.3) is 5.69 Å². The molecule has 2 aromatic heterocycles. The van der Waals surface area contributed by atoms with E-state index in [1.54, 1.807) is 4.68 Å². The number of benzene rings is 1. The highest BCUT2D eigenvalue weighted by molar-refractivity contribution is 5.94. The Morgan fingerprint density at radius 3 is 2.74 bits per heavy atom. The zero-order chi connectivity index (χ0) is 21.7. The number of carbonyl (C=O) groups is 1. The van der Waals surface area contributed by atoms with Crippen molar-refractivity contribution in [2.75, 3.05) is 0 Å². The number of halogens is 2. The number of rotatable bonds is 6. The summed E-state index contributed by atoms with van der Waals surface area (Å²) < 4.78 is 34.1. The van der Waals surface area contributed by atoms with Crippen LogP contribution in [0.4, 0.5) is 8.78 Å². The molecule has 1 unspecified atom stereocenters. The first-order valence-electron chi connectivity index (χ1n) is 10.6. The molecule has 1 N–H and O–H groups in total. The van der Waals surface area contributed by atoms with E-state index in [1.807, 2.05) is 13.8 Å². The van der Waals surface area contributed by atoms with Gasteiger partial charge >= 0.3 is 0 Å². The molecule has 5 rings (SSSR count). The van der Waals surface area contributed by atoms with Crippen molar-refractivity contribution in [1.82, 2.24) is 25.2 Å². The molecule has 2 aliphatic rings. The van der Waals surface area contributed by atoms with Crippen molar-refractivity contribution < 1.29 is 18.1 Å². The molecule has 0 bridgehead atoms. The van der Waals surface area contributed by atoms with Crippen LogP contribution in [-0.4, -0.2) is 25.8 Å². The number of nitrogens with zero attached hydrogens (tertiary/aromatic N) is 4. The molecule has 0 aliphatic heterocycles. The van der Waals surface area contributed by atoms with E-state index >= 15 is 0 Å². The number of nitrogens with one attached hydrogen (secondary N) is 1. The van der Waals surface area contributed by atoms with Crippen LogP contribution in [0.15, 0.2) is 22.7 Å². The Bertz CT molecular complexity index is 1150. The van der Waals surface area contributed by atoms with Gasteiger partial charge in [0.25, 0.3) is 5.91 Å². The maximum absolute atomic E-state index is 13.8. The van der Waals surface area contributed by atoms with Crippen molar-refractivity contribution in [3.8, 4) is 5.69 Å². The van der Waals surface area contributed by atoms with E-state index in [-0.39, 0.29) is 11.8 Å². The van der Waals surface area contributed by atoms with E-state index < -0.39 is 17.7 Å². The third-order valence-electron chi connectivity index (χ3n) is 5.91. The number of hydrogen-bond acceptors (Lipinski definition) is 5. The number of carbonyl (C=O) groups excluding carboxylic acids is 1. The minimum Gasteiger partial charge on any atom is -0.339 e. The highest BCUT2D eigenvalue weighted by Gasteiger charge is 2.33. The smallest absolute Gasteiger partial charge is 0.272 e. The Kier molecular flexibility index (Phi) is 4.83. The zero-order valence-corrected chi connectivity index (χ0v) is 17.4. The lowest BCUT2D eigenvalue weighted by molar-refractivity contribution is 0.0907. The molecule has 1 fully saturated rings. The van der Waals surface area contributed by atoms with Crippen LogP contribution in [0.5, 0.6) is 0 Å². The van der Waals surface area contributed by atoms with E-state index in [2.05, 4.69) is 20.6 Å². The quantitative estimate of drug-likeness (QED) is 0.642. The maximum Gasteiger partial charge on any atom is 0.272 e. The van der Waals surface area contributed by atoms with Crippen molar-refractivity contribution in [2.45, 2.75) is 57.9 Å². The predicted octanol–water partition coefficient (Wildman–Crippen LogP) is 4.03. The average Bonchev–Trinajstić information content (AvgIpc) is 3.14. The van der Waals surface area contributed by atoms with Gasteiger partial charge in [0.05, 0.1) is 5.69 Å². The molecule has 162 valence electrons. The summed E-state index contributed by atoms with van der Waals surface area (Å²) in [5, 5.41) is 11.5. The average molecular weight is 427 g/mol. The normalized spacial score (nSPS) is 16.5. The summed E-state index contributed by atoms with van der Waals surface area (Å²) in [5.41, 5.74) is 2.38. The largest absolute Gasteiger partial charge is 0.339 e. The van der Waals surface area contributed by atoms with Crippen LogP contribution in [-0.2, 0) is 12.8 Å². The van der Waals surface area contributed by atoms with Gasteiger partial charge < -0.3 is 9.84 Å². The van der Waals surface area contributed by atoms with Crippen LogP contribution < -0.4 is 5.32 Å². The van der Waals surface area contributed by atoms with Gasteiger partial charge in [-0.05, 0) is 50.2 Å². The molecule has 9 heteroatoms. The molecule has 0 radical (unpaired) electrons. The summed E-state index contributed by atoms with van der Waals surface area (Å²) in [6.45, 7) is 3.94. The van der Waals surface area contributed by atoms with Crippen LogP contribution >= 0.6 is 0 Å². The van der Waals surface area contributed by atoms with Gasteiger partial charge in [-0.15, -0.1) is 0 Å². The summed E-state index contributed by atoms with van der Waals surface area (Å²) in [6, 6.07) is 3.17. The summed E-state index contributed by atoms with van der Waals surface area (Å²) in [7, 11) is 0. The van der Waals surface area contributed by atoms with Gasteiger partial charge in [0.15, 0.2) is 23.2 Å². The van der Waals surface area contributed by atoms with E-state index in [0.29, 0.717) is 35.4 Å². The van der Waals surface area contributed by atoms with Crippen molar-refractivity contribution in [3.05, 3.63) is 58.5 Å². The van der Waals surface area contributed by atoms with Crippen molar-refractivity contribution in [1.29, 1.82) is 0 Å². The monoisotopic (exact) mass is 427 g/mol. The van der Waals surface area contributed by atoms with E-state index in [1.165, 1.54) is 6.07 Å². The summed E-state index contributed by atoms with van der Waals surface area (Å²) in [5.74, 6) is -0.748. The van der Waals surface area contributed by atoms with Crippen molar-refractivity contribution in [2.24, 2.45) is 5.92 Å². The summed E-state index contributed by atoms with van der Waals surface area (Å²) in [6.07, 6.45) is 4.42. The number of aromatic nitrogens is 4. The highest BCUT2D eigenvalue weighted by atomic mass is 19.2. The van der Waals surface area contributed by atoms with Crippen molar-refractivity contribution >= 4 is 5.91 Å². The number of fused-ring (bicyclic) bond motifs is 1. The van der Waals surface area contributed by atoms with Crippen LogP contribution in [0.3, 0.4) is 0 Å². The van der Waals surface area contributed by atoms with Gasteiger partial charge in [-0.2, -0.15) is 10.1 Å². The minimum atomic E-state index is -0.950. The second kappa shape index (κ2) is 7.55. The molecule has 3 aromatic rings. The lowest BCUT2D eigenvalue weighted by atomic mass is 10.0. The molecule has 1 atom stereocenters. The van der Waals surface area contributed by atoms with E-state index in [9.17, 15) is 13.6 Å². The molecule has 0 saturated heterocycles. The first kappa shape index (κ1) is 19.8. The fourth-order valence-electron chi connectivity index (χ4n) is 4.05. The van der Waals surface area contributed by atoms with E-state index in [0.717, 1.165) is 49.1 Å². The third kappa shape index (κ3) is 3.62. The molecule has 2 aliphatic carbocycles. The van der Waals surface area contributed by atoms with Gasteiger partial charge in [0.1, 0.15) is 6.04 Å². The second-order valence-corrected chi connectivity index (χ2v) is 8.60. The maximum atomic E-state index is 13.8. The standard InChI is InChI=1S/C22H23F2N5O2/c1-11(2)18(22-26-20(28-31-22)12-6-7-12)25-21(30)19-14-4-3-5-17(14)29(27-19)13-8-9-15(23)16(24)10-13/h8-12,18H,3-7H2,1-2H3,(H,25,30). The Balaban J connectivity index is 1.45. The summed E-state index contributed by atoms with van der Waals surface area (Å²) in [4.78, 5) is 17.7. The Hall–Kier alpha value is -3.10. The Labute approximate surface area is 177 Å². The molecule has 7 nitrogen and oxygen atoms in total. The van der Waals surface area contributed by atoms with Crippen LogP contribution in [0, 0.1) is 17.6 Å². The Morgan fingerprint density at radius 1 is 1.23 bits per heavy atom. The fourth-order valence-corrected chi connectivity index (χ4v) is 4.05. The SMILES string of the molecule is CC(C)C(NC(=O)c1nn(-c2ccc(F)c(F)c2)c2c1CCC2)c1nc(C2CC2)no1. The number of hydrogen-bond donors (Lipinski definition) is 1. The second-order valence-electron chi connectivity index (χ2n) is 8.60. The molecular weight excluding hydrogens is 404 g/mol. The molecule has 1 aromatic carbocycles. The predicted molar refractivity (Wildman–Crippen MR) is 107 cm³/mol. The van der Waals surface area contributed by atoms with Gasteiger partial charge in [-0.25, -0.2) is 13.5 Å². The van der Waals surface area contributed by atoms with Crippen LogP contribution in [0.1, 0.15) is 78.5 Å². The molecule has 2 heterocycles. The third-order valence-corrected chi connectivity index (χ3v) is 5.91. The highest BCUT2D eigenvalue weighted by Crippen LogP contribution is 2.39. The van der Waals surface area contributed by atoms with Crippen LogP contribution in [0.2, 0.25) is 0 Å². The topological polar surface area (TPSA) is 85.8 Å². The van der Waals surface area contributed by atoms with Gasteiger partial charge in [-0.1, -0.05) is 19.0 Å². The molecular formula is C22H23F2N5O2. The first-order chi connectivity index (χ1) is 14.9. The fraction of sp³-hybridized carbons (Fsp3) is 0.455. The molecule has 0 spiro atoms. The lowest BCUT2D eigenvalue weighted by Gasteiger charge is -2.18. The van der Waals surface area contributed by atoms with Gasteiger partial charge in [0.2, 0.25) is 5.89 Å². The van der Waals surface area contributed by atoms with Gasteiger partial charge in [0, 0.05) is 23.2 Å². The molecule has 1 amide bonds. The number of amides is 1. The Morgan fingerprint density at radius 2 is 2.03 bits per heavy atom. The van der Waals surface area contributed by atoms with Gasteiger partial charge in [-0.3, -0.25) is 4.79 Å². The lowest BCUT2D eigenvalue weighted by Crippen LogP contribution is -2.33. The molecule has 31 heavy (non-hydrogen) atoms. The van der Waals surface area contributed by atoms with E-state index in [4.69, 9.17) is 4.52 Å². The zero-order valence-electron chi connectivity index (χ0n) is 17.4. The summed E-state index contributed by atoms with van der Waals surface area (Å²) >= 11 is 0.